The quantitative estimate of drug-likeness (QED) is 0.862. The molecule has 3 rings (SSSR count). The fourth-order valence-corrected chi connectivity index (χ4v) is 3.43. The lowest BCUT2D eigenvalue weighted by atomic mass is 9.76. The van der Waals surface area contributed by atoms with Crippen LogP contribution >= 0.6 is 0 Å². The predicted octanol–water partition coefficient (Wildman–Crippen LogP) is 3.82. The molecule has 1 fully saturated rings. The van der Waals surface area contributed by atoms with Gasteiger partial charge in [0, 0.05) is 31.0 Å². The molecule has 0 radical (unpaired) electrons. The summed E-state index contributed by atoms with van der Waals surface area (Å²) in [6.07, 6.45) is 3.91. The van der Waals surface area contributed by atoms with E-state index in [4.69, 9.17) is 4.52 Å². The molecule has 23 heavy (non-hydrogen) atoms. The SMILES string of the molecule is CCCc1cc(C(=O)N2CCC[C@](C)(c3ccccc3)C2)no1. The van der Waals surface area contributed by atoms with Crippen molar-refractivity contribution in [2.45, 2.75) is 44.9 Å². The minimum Gasteiger partial charge on any atom is -0.361 e. The van der Waals surface area contributed by atoms with Crippen molar-refractivity contribution < 1.29 is 9.32 Å². The second-order valence-electron chi connectivity index (χ2n) is 6.69. The molecule has 1 saturated heterocycles. The lowest BCUT2D eigenvalue weighted by molar-refractivity contribution is 0.0640. The maximum Gasteiger partial charge on any atom is 0.276 e. The topological polar surface area (TPSA) is 46.3 Å². The van der Waals surface area contributed by atoms with Crippen LogP contribution in [0.15, 0.2) is 40.9 Å². The summed E-state index contributed by atoms with van der Waals surface area (Å²) in [4.78, 5) is 14.7. The highest BCUT2D eigenvalue weighted by Crippen LogP contribution is 2.34. The van der Waals surface area contributed by atoms with Gasteiger partial charge in [-0.25, -0.2) is 0 Å². The van der Waals surface area contributed by atoms with Crippen LogP contribution in [0.1, 0.15) is 54.9 Å². The van der Waals surface area contributed by atoms with E-state index in [0.29, 0.717) is 5.69 Å². The fraction of sp³-hybridized carbons (Fsp3) is 0.474. The number of hydrogen-bond donors (Lipinski definition) is 0. The van der Waals surface area contributed by atoms with Crippen molar-refractivity contribution in [3.8, 4) is 0 Å². The number of aromatic nitrogens is 1. The Balaban J connectivity index is 1.76. The van der Waals surface area contributed by atoms with Gasteiger partial charge in [0.15, 0.2) is 5.69 Å². The van der Waals surface area contributed by atoms with E-state index in [1.165, 1.54) is 5.56 Å². The van der Waals surface area contributed by atoms with E-state index in [1.807, 2.05) is 11.0 Å². The van der Waals surface area contributed by atoms with Gasteiger partial charge in [0.2, 0.25) is 0 Å². The van der Waals surface area contributed by atoms with Crippen LogP contribution in [0.25, 0.3) is 0 Å². The summed E-state index contributed by atoms with van der Waals surface area (Å²) < 4.78 is 5.26. The first-order chi connectivity index (χ1) is 11.1. The summed E-state index contributed by atoms with van der Waals surface area (Å²) in [5, 5.41) is 3.96. The van der Waals surface area contributed by atoms with E-state index in [0.717, 1.165) is 44.5 Å². The third kappa shape index (κ3) is 3.31. The summed E-state index contributed by atoms with van der Waals surface area (Å²) in [5.74, 6) is 0.775. The van der Waals surface area contributed by atoms with E-state index in [1.54, 1.807) is 6.07 Å². The van der Waals surface area contributed by atoms with Gasteiger partial charge >= 0.3 is 0 Å². The summed E-state index contributed by atoms with van der Waals surface area (Å²) in [5.41, 5.74) is 1.74. The molecule has 1 atom stereocenters. The predicted molar refractivity (Wildman–Crippen MR) is 89.4 cm³/mol. The Morgan fingerprint density at radius 2 is 2.13 bits per heavy atom. The van der Waals surface area contributed by atoms with Crippen molar-refractivity contribution in [1.82, 2.24) is 10.1 Å². The molecule has 1 aliphatic heterocycles. The number of carbonyl (C=O) groups excluding carboxylic acids is 1. The van der Waals surface area contributed by atoms with Crippen LogP contribution in [-0.4, -0.2) is 29.1 Å². The van der Waals surface area contributed by atoms with Crippen molar-refractivity contribution >= 4 is 5.91 Å². The monoisotopic (exact) mass is 312 g/mol. The maximum atomic E-state index is 12.7. The third-order valence-electron chi connectivity index (χ3n) is 4.73. The summed E-state index contributed by atoms with van der Waals surface area (Å²) >= 11 is 0. The molecular formula is C19H24N2O2. The van der Waals surface area contributed by atoms with Gasteiger partial charge in [0.1, 0.15) is 5.76 Å². The van der Waals surface area contributed by atoms with Gasteiger partial charge in [-0.05, 0) is 24.8 Å². The third-order valence-corrected chi connectivity index (χ3v) is 4.73. The van der Waals surface area contributed by atoms with Crippen molar-refractivity contribution in [2.75, 3.05) is 13.1 Å². The average molecular weight is 312 g/mol. The van der Waals surface area contributed by atoms with Crippen molar-refractivity contribution in [3.63, 3.8) is 0 Å². The van der Waals surface area contributed by atoms with E-state index in [2.05, 4.69) is 43.3 Å². The van der Waals surface area contributed by atoms with Gasteiger partial charge in [0.05, 0.1) is 0 Å². The van der Waals surface area contributed by atoms with Crippen LogP contribution in [0.3, 0.4) is 0 Å². The average Bonchev–Trinajstić information content (AvgIpc) is 3.04. The van der Waals surface area contributed by atoms with Gasteiger partial charge in [-0.3, -0.25) is 4.79 Å². The molecule has 0 saturated carbocycles. The van der Waals surface area contributed by atoms with Crippen LogP contribution in [0.4, 0.5) is 0 Å². The smallest absolute Gasteiger partial charge is 0.276 e. The van der Waals surface area contributed by atoms with Crippen LogP contribution in [0, 0.1) is 0 Å². The normalized spacial score (nSPS) is 21.4. The van der Waals surface area contributed by atoms with E-state index in [-0.39, 0.29) is 11.3 Å². The number of nitrogens with zero attached hydrogens (tertiary/aromatic N) is 2. The number of amides is 1. The molecule has 0 unspecified atom stereocenters. The highest BCUT2D eigenvalue weighted by atomic mass is 16.5. The molecule has 1 aliphatic rings. The van der Waals surface area contributed by atoms with Gasteiger partial charge in [0.25, 0.3) is 5.91 Å². The number of carbonyl (C=O) groups is 1. The molecule has 2 aromatic rings. The maximum absolute atomic E-state index is 12.7. The molecule has 0 bridgehead atoms. The zero-order chi connectivity index (χ0) is 16.3. The molecule has 0 spiro atoms. The second-order valence-corrected chi connectivity index (χ2v) is 6.69. The summed E-state index contributed by atoms with van der Waals surface area (Å²) in [6.45, 7) is 5.84. The zero-order valence-electron chi connectivity index (χ0n) is 13.9. The Morgan fingerprint density at radius 1 is 1.35 bits per heavy atom. The van der Waals surface area contributed by atoms with Crippen LogP contribution in [0.2, 0.25) is 0 Å². The summed E-state index contributed by atoms with van der Waals surface area (Å²) in [6, 6.07) is 12.3. The van der Waals surface area contributed by atoms with Crippen molar-refractivity contribution in [2.24, 2.45) is 0 Å². The van der Waals surface area contributed by atoms with Gasteiger partial charge < -0.3 is 9.42 Å². The largest absolute Gasteiger partial charge is 0.361 e. The van der Waals surface area contributed by atoms with Crippen molar-refractivity contribution in [3.05, 3.63) is 53.4 Å². The molecule has 1 amide bonds. The van der Waals surface area contributed by atoms with E-state index >= 15 is 0 Å². The molecule has 2 heterocycles. The van der Waals surface area contributed by atoms with E-state index < -0.39 is 0 Å². The standard InChI is InChI=1S/C19H24N2O2/c1-3-8-16-13-17(20-23-16)18(22)21-12-7-11-19(2,14-21)15-9-5-4-6-10-15/h4-6,9-10,13H,3,7-8,11-12,14H2,1-2H3/t19-/m0/s1. The first-order valence-electron chi connectivity index (χ1n) is 8.43. The zero-order valence-corrected chi connectivity index (χ0v) is 13.9. The Labute approximate surface area is 137 Å². The van der Waals surface area contributed by atoms with Crippen molar-refractivity contribution in [1.29, 1.82) is 0 Å². The summed E-state index contributed by atoms with van der Waals surface area (Å²) in [7, 11) is 0. The first-order valence-corrected chi connectivity index (χ1v) is 8.43. The van der Waals surface area contributed by atoms with Gasteiger partial charge in [-0.15, -0.1) is 0 Å². The fourth-order valence-electron chi connectivity index (χ4n) is 3.43. The molecule has 4 heteroatoms. The second kappa shape index (κ2) is 6.57. The molecule has 122 valence electrons. The number of piperidine rings is 1. The number of likely N-dealkylation sites (tertiary alicyclic amines) is 1. The molecular weight excluding hydrogens is 288 g/mol. The lowest BCUT2D eigenvalue weighted by Crippen LogP contribution is -2.47. The molecule has 0 N–H and O–H groups in total. The molecule has 1 aromatic heterocycles. The van der Waals surface area contributed by atoms with Gasteiger partial charge in [-0.2, -0.15) is 0 Å². The van der Waals surface area contributed by atoms with Crippen LogP contribution in [0.5, 0.6) is 0 Å². The highest BCUT2D eigenvalue weighted by molar-refractivity contribution is 5.92. The Kier molecular flexibility index (Phi) is 4.51. The number of rotatable bonds is 4. The van der Waals surface area contributed by atoms with E-state index in [9.17, 15) is 4.79 Å². The first kappa shape index (κ1) is 15.8. The Morgan fingerprint density at radius 3 is 2.87 bits per heavy atom. The number of aryl methyl sites for hydroxylation is 1. The number of hydrogen-bond acceptors (Lipinski definition) is 3. The highest BCUT2D eigenvalue weighted by Gasteiger charge is 2.35. The van der Waals surface area contributed by atoms with Gasteiger partial charge in [-0.1, -0.05) is 49.3 Å². The minimum absolute atomic E-state index is 0.00511. The van der Waals surface area contributed by atoms with Crippen LogP contribution in [-0.2, 0) is 11.8 Å². The molecule has 0 aliphatic carbocycles. The Hall–Kier alpha value is -2.10. The minimum atomic E-state index is -0.0158. The van der Waals surface area contributed by atoms with Crippen LogP contribution < -0.4 is 0 Å². The Bertz CT molecular complexity index is 665. The lowest BCUT2D eigenvalue weighted by Gasteiger charge is -2.40. The molecule has 4 nitrogen and oxygen atoms in total. The molecule has 1 aromatic carbocycles. The number of benzene rings is 1.